The zero-order valence-electron chi connectivity index (χ0n) is 11.9. The molecule has 0 aliphatic rings. The third kappa shape index (κ3) is 4.74. The largest absolute Gasteiger partial charge is 0.390 e. The Balaban J connectivity index is 2.71. The minimum atomic E-state index is -1.01. The summed E-state index contributed by atoms with van der Waals surface area (Å²) in [7, 11) is 0. The molecule has 5 heteroatoms. The second kappa shape index (κ2) is 7.57. The summed E-state index contributed by atoms with van der Waals surface area (Å²) in [6, 6.07) is 5.02. The smallest absolute Gasteiger partial charge is 0.185 e. The zero-order chi connectivity index (χ0) is 15.3. The van der Waals surface area contributed by atoms with Gasteiger partial charge in [0.05, 0.1) is 6.10 Å². The highest BCUT2D eigenvalue weighted by molar-refractivity contribution is 8.13. The molecule has 0 spiro atoms. The normalized spacial score (nSPS) is 13.8. The molecule has 0 saturated heterocycles. The molecule has 1 aromatic carbocycles. The fraction of sp³-hybridized carbons (Fsp3) is 0.467. The van der Waals surface area contributed by atoms with E-state index in [1.54, 1.807) is 25.1 Å². The molecule has 110 valence electrons. The highest BCUT2D eigenvalue weighted by Gasteiger charge is 2.19. The van der Waals surface area contributed by atoms with Crippen LogP contribution in [0.2, 0.25) is 0 Å². The Morgan fingerprint density at radius 2 is 1.90 bits per heavy atom. The molecule has 0 amide bonds. The number of hydrogen-bond acceptors (Lipinski definition) is 5. The van der Waals surface area contributed by atoms with E-state index in [4.69, 9.17) is 0 Å². The van der Waals surface area contributed by atoms with E-state index in [1.165, 1.54) is 13.8 Å². The van der Waals surface area contributed by atoms with Crippen LogP contribution in [0.15, 0.2) is 18.2 Å². The van der Waals surface area contributed by atoms with Gasteiger partial charge >= 0.3 is 0 Å². The molecular formula is C15H20O4S. The quantitative estimate of drug-likeness (QED) is 0.788. The standard InChI is InChI=1S/C15H20O4S/c1-9-8-12(4-5-13(9)10(2)16)15(19)14(18)6-7-20-11(3)17/h4-5,8,14-15,18-19H,6-7H2,1-3H3. The first-order chi connectivity index (χ1) is 9.32. The van der Waals surface area contributed by atoms with Crippen molar-refractivity contribution in [3.8, 4) is 0 Å². The Morgan fingerprint density at radius 3 is 2.40 bits per heavy atom. The summed E-state index contributed by atoms with van der Waals surface area (Å²) in [6.07, 6.45) is -1.61. The van der Waals surface area contributed by atoms with E-state index in [9.17, 15) is 19.8 Å². The van der Waals surface area contributed by atoms with E-state index in [0.29, 0.717) is 23.3 Å². The van der Waals surface area contributed by atoms with Crippen LogP contribution in [0.5, 0.6) is 0 Å². The number of Topliss-reactive ketones (excluding diaryl/α,β-unsaturated/α-hetero) is 1. The number of rotatable bonds is 6. The molecule has 1 rings (SSSR count). The maximum atomic E-state index is 11.3. The van der Waals surface area contributed by atoms with Crippen LogP contribution >= 0.6 is 11.8 Å². The summed E-state index contributed by atoms with van der Waals surface area (Å²) in [5.74, 6) is 0.444. The van der Waals surface area contributed by atoms with E-state index >= 15 is 0 Å². The summed E-state index contributed by atoms with van der Waals surface area (Å²) in [6.45, 7) is 4.76. The van der Waals surface area contributed by atoms with E-state index < -0.39 is 12.2 Å². The lowest BCUT2D eigenvalue weighted by atomic mass is 9.97. The van der Waals surface area contributed by atoms with Gasteiger partial charge in [0, 0.05) is 18.2 Å². The maximum absolute atomic E-state index is 11.3. The van der Waals surface area contributed by atoms with Crippen LogP contribution < -0.4 is 0 Å². The molecule has 0 aliphatic heterocycles. The van der Waals surface area contributed by atoms with Crippen molar-refractivity contribution >= 4 is 22.7 Å². The minimum absolute atomic E-state index is 0.00616. The van der Waals surface area contributed by atoms with Crippen LogP contribution in [0.4, 0.5) is 0 Å². The van der Waals surface area contributed by atoms with Crippen molar-refractivity contribution in [2.45, 2.75) is 39.4 Å². The maximum Gasteiger partial charge on any atom is 0.185 e. The molecule has 2 unspecified atom stereocenters. The summed E-state index contributed by atoms with van der Waals surface area (Å²) >= 11 is 1.13. The molecule has 0 saturated carbocycles. The van der Waals surface area contributed by atoms with E-state index in [2.05, 4.69) is 0 Å². The molecule has 20 heavy (non-hydrogen) atoms. The topological polar surface area (TPSA) is 74.6 Å². The highest BCUT2D eigenvalue weighted by atomic mass is 32.2. The van der Waals surface area contributed by atoms with Crippen LogP contribution in [0.3, 0.4) is 0 Å². The van der Waals surface area contributed by atoms with Crippen molar-refractivity contribution < 1.29 is 19.8 Å². The van der Waals surface area contributed by atoms with Crippen molar-refractivity contribution in [3.63, 3.8) is 0 Å². The lowest BCUT2D eigenvalue weighted by Crippen LogP contribution is -2.19. The van der Waals surface area contributed by atoms with Crippen molar-refractivity contribution in [2.75, 3.05) is 5.75 Å². The predicted octanol–water partition coefficient (Wildman–Crippen LogP) is 2.26. The monoisotopic (exact) mass is 296 g/mol. The van der Waals surface area contributed by atoms with Crippen LogP contribution in [0, 0.1) is 6.92 Å². The van der Waals surface area contributed by atoms with Crippen molar-refractivity contribution in [2.24, 2.45) is 0 Å². The summed E-state index contributed by atoms with van der Waals surface area (Å²) in [4.78, 5) is 22.1. The minimum Gasteiger partial charge on any atom is -0.390 e. The van der Waals surface area contributed by atoms with Gasteiger partial charge in [-0.2, -0.15) is 0 Å². The molecule has 0 fully saturated rings. The van der Waals surface area contributed by atoms with Gasteiger partial charge in [-0.1, -0.05) is 30.0 Å². The fourth-order valence-corrected chi connectivity index (χ4v) is 2.62. The van der Waals surface area contributed by atoms with Crippen LogP contribution in [-0.4, -0.2) is 33.0 Å². The van der Waals surface area contributed by atoms with Gasteiger partial charge in [-0.3, -0.25) is 9.59 Å². The number of aliphatic hydroxyl groups excluding tert-OH is 2. The van der Waals surface area contributed by atoms with Gasteiger partial charge in [0.1, 0.15) is 6.10 Å². The number of ketones is 1. The Bertz CT molecular complexity index is 499. The first kappa shape index (κ1) is 16.9. The van der Waals surface area contributed by atoms with Crippen molar-refractivity contribution in [3.05, 3.63) is 34.9 Å². The Morgan fingerprint density at radius 1 is 1.25 bits per heavy atom. The average molecular weight is 296 g/mol. The second-order valence-electron chi connectivity index (χ2n) is 4.77. The van der Waals surface area contributed by atoms with Crippen LogP contribution in [-0.2, 0) is 4.79 Å². The van der Waals surface area contributed by atoms with Crippen molar-refractivity contribution in [1.29, 1.82) is 0 Å². The summed E-state index contributed by atoms with van der Waals surface area (Å²) in [5.41, 5.74) is 1.97. The SMILES string of the molecule is CC(=O)SCCC(O)C(O)c1ccc(C(C)=O)c(C)c1. The molecular weight excluding hydrogens is 276 g/mol. The average Bonchev–Trinajstić information content (AvgIpc) is 2.36. The van der Waals surface area contributed by atoms with Crippen LogP contribution in [0.1, 0.15) is 47.9 Å². The second-order valence-corrected chi connectivity index (χ2v) is 6.04. The number of thioether (sulfide) groups is 1. The summed E-state index contributed by atoms with van der Waals surface area (Å²) in [5, 5.41) is 20.0. The number of aliphatic hydroxyl groups is 2. The fourth-order valence-electron chi connectivity index (χ4n) is 1.97. The van der Waals surface area contributed by atoms with Gasteiger partial charge in [0.2, 0.25) is 0 Å². The third-order valence-electron chi connectivity index (χ3n) is 3.05. The number of carbonyl (C=O) groups excluding carboxylic acids is 2. The molecule has 0 aromatic heterocycles. The molecule has 4 nitrogen and oxygen atoms in total. The van der Waals surface area contributed by atoms with E-state index in [-0.39, 0.29) is 10.9 Å². The molecule has 0 radical (unpaired) electrons. The van der Waals surface area contributed by atoms with Gasteiger partial charge in [-0.05, 0) is 31.4 Å². The highest BCUT2D eigenvalue weighted by Crippen LogP contribution is 2.23. The van der Waals surface area contributed by atoms with E-state index in [0.717, 1.165) is 17.3 Å². The molecule has 0 aliphatic carbocycles. The Kier molecular flexibility index (Phi) is 6.39. The molecule has 0 heterocycles. The number of hydrogen-bond donors (Lipinski definition) is 2. The molecule has 1 aromatic rings. The number of benzene rings is 1. The van der Waals surface area contributed by atoms with E-state index in [1.807, 2.05) is 0 Å². The Hall–Kier alpha value is -1.17. The van der Waals surface area contributed by atoms with Gasteiger partial charge in [-0.15, -0.1) is 0 Å². The van der Waals surface area contributed by atoms with Gasteiger partial charge < -0.3 is 10.2 Å². The Labute approximate surface area is 123 Å². The third-order valence-corrected chi connectivity index (χ3v) is 3.90. The van der Waals surface area contributed by atoms with Gasteiger partial charge in [0.15, 0.2) is 10.9 Å². The number of aryl methyl sites for hydroxylation is 1. The van der Waals surface area contributed by atoms with Gasteiger partial charge in [-0.25, -0.2) is 0 Å². The molecule has 2 atom stereocenters. The molecule has 2 N–H and O–H groups in total. The molecule has 0 bridgehead atoms. The first-order valence-corrected chi connectivity index (χ1v) is 7.42. The predicted molar refractivity (Wildman–Crippen MR) is 79.9 cm³/mol. The first-order valence-electron chi connectivity index (χ1n) is 6.44. The van der Waals surface area contributed by atoms with Gasteiger partial charge in [0.25, 0.3) is 0 Å². The lowest BCUT2D eigenvalue weighted by Gasteiger charge is -2.18. The van der Waals surface area contributed by atoms with Crippen LogP contribution in [0.25, 0.3) is 0 Å². The number of carbonyl (C=O) groups is 2. The summed E-state index contributed by atoms with van der Waals surface area (Å²) < 4.78 is 0. The zero-order valence-corrected chi connectivity index (χ0v) is 12.7. The van der Waals surface area contributed by atoms with Crippen molar-refractivity contribution in [1.82, 2.24) is 0 Å². The lowest BCUT2D eigenvalue weighted by molar-refractivity contribution is -0.109.